The van der Waals surface area contributed by atoms with Gasteiger partial charge < -0.3 is 0 Å². The standard InChI is InChI=1S/C14H23/c1-10(2)12(5)14-8-6-13(7-9-14)11(3)4/h5,11,13-14H,1,6-9H2,2-4H3. The van der Waals surface area contributed by atoms with Crippen molar-refractivity contribution in [3.8, 4) is 0 Å². The van der Waals surface area contributed by atoms with Gasteiger partial charge in [-0.2, -0.15) is 0 Å². The van der Waals surface area contributed by atoms with Gasteiger partial charge in [-0.1, -0.05) is 32.6 Å². The highest BCUT2D eigenvalue weighted by molar-refractivity contribution is 5.24. The zero-order valence-corrected chi connectivity index (χ0v) is 9.84. The maximum atomic E-state index is 6.03. The fourth-order valence-electron chi connectivity index (χ4n) is 2.45. The van der Waals surface area contributed by atoms with Crippen molar-refractivity contribution in [1.82, 2.24) is 0 Å². The third-order valence-corrected chi connectivity index (χ3v) is 3.65. The van der Waals surface area contributed by atoms with Crippen LogP contribution < -0.4 is 0 Å². The van der Waals surface area contributed by atoms with Gasteiger partial charge in [-0.3, -0.25) is 0 Å². The summed E-state index contributed by atoms with van der Waals surface area (Å²) in [4.78, 5) is 0. The van der Waals surface area contributed by atoms with Gasteiger partial charge in [0.25, 0.3) is 0 Å². The Kier molecular flexibility index (Phi) is 3.97. The molecule has 0 spiro atoms. The summed E-state index contributed by atoms with van der Waals surface area (Å²) in [6.07, 6.45) is 5.22. The minimum Gasteiger partial charge on any atom is -0.0958 e. The molecule has 14 heavy (non-hydrogen) atoms. The highest BCUT2D eigenvalue weighted by Gasteiger charge is 2.24. The number of hydrogen-bond donors (Lipinski definition) is 0. The molecule has 0 aromatic carbocycles. The molecule has 1 rings (SSSR count). The van der Waals surface area contributed by atoms with Crippen molar-refractivity contribution in [3.05, 3.63) is 24.3 Å². The van der Waals surface area contributed by atoms with Crippen molar-refractivity contribution in [2.24, 2.45) is 17.8 Å². The molecule has 1 radical (unpaired) electrons. The topological polar surface area (TPSA) is 0 Å². The Morgan fingerprint density at radius 2 is 1.71 bits per heavy atom. The van der Waals surface area contributed by atoms with E-state index >= 15 is 0 Å². The second kappa shape index (κ2) is 4.82. The van der Waals surface area contributed by atoms with Crippen LogP contribution in [0.5, 0.6) is 0 Å². The van der Waals surface area contributed by atoms with E-state index in [1.807, 2.05) is 6.92 Å². The molecule has 0 heterocycles. The quantitative estimate of drug-likeness (QED) is 0.581. The largest absolute Gasteiger partial charge is 0.0958 e. The summed E-state index contributed by atoms with van der Waals surface area (Å²) in [5.74, 6) is 2.37. The smallest absolute Gasteiger partial charge is 0.0159 e. The number of rotatable bonds is 3. The minimum atomic E-state index is 0.613. The minimum absolute atomic E-state index is 0.613. The van der Waals surface area contributed by atoms with Gasteiger partial charge in [0.2, 0.25) is 0 Å². The molecule has 0 amide bonds. The van der Waals surface area contributed by atoms with Crippen LogP contribution in [-0.4, -0.2) is 0 Å². The Balaban J connectivity index is 2.43. The number of hydrogen-bond acceptors (Lipinski definition) is 0. The molecule has 1 saturated carbocycles. The Morgan fingerprint density at radius 3 is 2.07 bits per heavy atom. The summed E-state index contributed by atoms with van der Waals surface area (Å²) in [5, 5.41) is 0. The summed E-state index contributed by atoms with van der Waals surface area (Å²) >= 11 is 0. The van der Waals surface area contributed by atoms with Gasteiger partial charge in [-0.15, -0.1) is 0 Å². The molecule has 1 fully saturated rings. The third-order valence-electron chi connectivity index (χ3n) is 3.65. The normalized spacial score (nSPS) is 27.7. The molecule has 0 bridgehead atoms. The first-order valence-corrected chi connectivity index (χ1v) is 5.80. The van der Waals surface area contributed by atoms with E-state index in [1.165, 1.54) is 25.7 Å². The SMILES string of the molecule is [CH]=C(C(=C)C)C1CCC(C(C)C)CC1. The van der Waals surface area contributed by atoms with Crippen molar-refractivity contribution in [2.75, 3.05) is 0 Å². The van der Waals surface area contributed by atoms with Crippen LogP contribution in [0.15, 0.2) is 17.7 Å². The van der Waals surface area contributed by atoms with Crippen LogP contribution in [0.25, 0.3) is 0 Å². The Labute approximate surface area is 89.1 Å². The average molecular weight is 191 g/mol. The molecule has 0 N–H and O–H groups in total. The van der Waals surface area contributed by atoms with Crippen LogP contribution in [0, 0.1) is 24.3 Å². The molecule has 0 aromatic heterocycles. The molecule has 0 unspecified atom stereocenters. The predicted molar refractivity (Wildman–Crippen MR) is 62.9 cm³/mol. The van der Waals surface area contributed by atoms with Crippen molar-refractivity contribution in [1.29, 1.82) is 0 Å². The van der Waals surface area contributed by atoms with E-state index in [-0.39, 0.29) is 0 Å². The molecular weight excluding hydrogens is 168 g/mol. The molecule has 1 aliphatic carbocycles. The van der Waals surface area contributed by atoms with E-state index in [2.05, 4.69) is 20.4 Å². The van der Waals surface area contributed by atoms with Crippen LogP contribution >= 0.6 is 0 Å². The summed E-state index contributed by atoms with van der Waals surface area (Å²) < 4.78 is 0. The highest BCUT2D eigenvalue weighted by Crippen LogP contribution is 2.37. The van der Waals surface area contributed by atoms with E-state index in [9.17, 15) is 0 Å². The summed E-state index contributed by atoms with van der Waals surface area (Å²) in [6.45, 7) is 16.6. The van der Waals surface area contributed by atoms with E-state index < -0.39 is 0 Å². The van der Waals surface area contributed by atoms with Crippen LogP contribution in [0.3, 0.4) is 0 Å². The molecule has 0 atom stereocenters. The predicted octanol–water partition coefficient (Wildman–Crippen LogP) is 4.38. The monoisotopic (exact) mass is 191 g/mol. The van der Waals surface area contributed by atoms with Gasteiger partial charge in [-0.25, -0.2) is 0 Å². The van der Waals surface area contributed by atoms with E-state index in [0.717, 1.165) is 23.0 Å². The number of allylic oxidation sites excluding steroid dienone is 2. The first kappa shape index (κ1) is 11.6. The fraction of sp³-hybridized carbons (Fsp3) is 0.714. The zero-order valence-electron chi connectivity index (χ0n) is 9.84. The van der Waals surface area contributed by atoms with Crippen LogP contribution in [0.1, 0.15) is 46.5 Å². The van der Waals surface area contributed by atoms with Crippen LogP contribution in [-0.2, 0) is 0 Å². The fourth-order valence-corrected chi connectivity index (χ4v) is 2.45. The zero-order chi connectivity index (χ0) is 10.7. The summed E-state index contributed by atoms with van der Waals surface area (Å²) in [6, 6.07) is 0. The molecule has 0 nitrogen and oxygen atoms in total. The van der Waals surface area contributed by atoms with Crippen LogP contribution in [0.4, 0.5) is 0 Å². The Bertz CT molecular complexity index is 214. The molecule has 1 aliphatic rings. The maximum absolute atomic E-state index is 6.03. The van der Waals surface area contributed by atoms with E-state index in [0.29, 0.717) is 5.92 Å². The lowest BCUT2D eigenvalue weighted by Gasteiger charge is -2.32. The molecule has 79 valence electrons. The van der Waals surface area contributed by atoms with Crippen molar-refractivity contribution >= 4 is 0 Å². The lowest BCUT2D eigenvalue weighted by atomic mass is 9.74. The van der Waals surface area contributed by atoms with Crippen LogP contribution in [0.2, 0.25) is 0 Å². The Hall–Kier alpha value is -0.520. The van der Waals surface area contributed by atoms with Crippen molar-refractivity contribution in [3.63, 3.8) is 0 Å². The lowest BCUT2D eigenvalue weighted by molar-refractivity contribution is 0.243. The maximum Gasteiger partial charge on any atom is -0.0159 e. The molecule has 0 aromatic rings. The third kappa shape index (κ3) is 2.73. The molecule has 0 heteroatoms. The summed E-state index contributed by atoms with van der Waals surface area (Å²) in [7, 11) is 0. The van der Waals surface area contributed by atoms with E-state index in [4.69, 9.17) is 6.58 Å². The molecule has 0 saturated heterocycles. The first-order valence-electron chi connectivity index (χ1n) is 5.80. The van der Waals surface area contributed by atoms with Gasteiger partial charge >= 0.3 is 0 Å². The second-order valence-electron chi connectivity index (χ2n) is 5.09. The second-order valence-corrected chi connectivity index (χ2v) is 5.09. The molecule has 0 aliphatic heterocycles. The van der Waals surface area contributed by atoms with Crippen molar-refractivity contribution < 1.29 is 0 Å². The van der Waals surface area contributed by atoms with Gasteiger partial charge in [0.05, 0.1) is 0 Å². The highest BCUT2D eigenvalue weighted by atomic mass is 14.3. The van der Waals surface area contributed by atoms with Gasteiger partial charge in [-0.05, 0) is 55.9 Å². The van der Waals surface area contributed by atoms with Gasteiger partial charge in [0.1, 0.15) is 0 Å². The Morgan fingerprint density at radius 1 is 1.21 bits per heavy atom. The van der Waals surface area contributed by atoms with Crippen molar-refractivity contribution in [2.45, 2.75) is 46.5 Å². The average Bonchev–Trinajstić information content (AvgIpc) is 2.16. The lowest BCUT2D eigenvalue weighted by Crippen LogP contribution is -2.19. The first-order chi connectivity index (χ1) is 6.52. The van der Waals surface area contributed by atoms with E-state index in [1.54, 1.807) is 0 Å². The van der Waals surface area contributed by atoms with Gasteiger partial charge in [0.15, 0.2) is 0 Å². The summed E-state index contributed by atoms with van der Waals surface area (Å²) in [5.41, 5.74) is 2.12. The molecular formula is C14H23. The van der Waals surface area contributed by atoms with Gasteiger partial charge in [0, 0.05) is 0 Å².